The number of carbonyl (C=O) groups is 1. The van der Waals surface area contributed by atoms with Gasteiger partial charge in [-0.1, -0.05) is 30.3 Å². The molecule has 3 aliphatic heterocycles. The maximum Gasteiger partial charge on any atom is 0.254 e. The van der Waals surface area contributed by atoms with Gasteiger partial charge in [0.05, 0.1) is 19.3 Å². The third-order valence-electron chi connectivity index (χ3n) is 7.71. The first-order chi connectivity index (χ1) is 18.9. The number of aromatic nitrogens is 1. The number of nitrogens with zero attached hydrogens (tertiary/aromatic N) is 3. The molecule has 1 amide bonds. The van der Waals surface area contributed by atoms with Gasteiger partial charge in [-0.3, -0.25) is 9.69 Å². The van der Waals surface area contributed by atoms with Crippen LogP contribution in [0.5, 0.6) is 17.2 Å². The fourth-order valence-corrected chi connectivity index (χ4v) is 6.47. The molecule has 1 atom stereocenters. The van der Waals surface area contributed by atoms with E-state index in [1.165, 1.54) is 0 Å². The van der Waals surface area contributed by atoms with Crippen molar-refractivity contribution in [2.75, 3.05) is 39.8 Å². The SMILES string of the molecule is COc1cc(C(=O)N(Cc2nc(-c3ccccc3)cs2)C[C@@H]2CCCN2CC2CNC2)cc2c1OC(C)(C)O2. The summed E-state index contributed by atoms with van der Waals surface area (Å²) in [6.45, 7) is 9.14. The fourth-order valence-electron chi connectivity index (χ4n) is 5.66. The molecule has 0 aliphatic carbocycles. The van der Waals surface area contributed by atoms with Crippen LogP contribution in [0.4, 0.5) is 0 Å². The first kappa shape index (κ1) is 26.1. The van der Waals surface area contributed by atoms with Crippen LogP contribution in [0.25, 0.3) is 11.3 Å². The highest BCUT2D eigenvalue weighted by Gasteiger charge is 2.37. The third kappa shape index (κ3) is 5.62. The fraction of sp³-hybridized carbons (Fsp3) is 0.467. The zero-order valence-corrected chi connectivity index (χ0v) is 23.6. The Morgan fingerprint density at radius 3 is 2.79 bits per heavy atom. The van der Waals surface area contributed by atoms with E-state index in [0.717, 1.165) is 55.3 Å². The van der Waals surface area contributed by atoms with Gasteiger partial charge in [0.15, 0.2) is 11.5 Å². The van der Waals surface area contributed by atoms with E-state index in [1.54, 1.807) is 30.6 Å². The zero-order valence-electron chi connectivity index (χ0n) is 22.8. The molecule has 6 rings (SSSR count). The number of rotatable bonds is 9. The van der Waals surface area contributed by atoms with Crippen molar-refractivity contribution in [1.29, 1.82) is 0 Å². The van der Waals surface area contributed by atoms with Gasteiger partial charge in [0, 0.05) is 62.6 Å². The summed E-state index contributed by atoms with van der Waals surface area (Å²) in [4.78, 5) is 23.6. The number of hydrogen-bond acceptors (Lipinski definition) is 8. The standard InChI is InChI=1S/C30H36N4O4S/c1-30(2)37-26-13-22(12-25(36-3)28(26)38-30)29(35)34(17-23-10-7-11-33(23)16-20-14-31-15-20)18-27-32-24(19-39-27)21-8-5-4-6-9-21/h4-6,8-9,12-13,19-20,23,31H,7,10-11,14-18H2,1-3H3/t23-/m0/s1. The Hall–Kier alpha value is -3.14. The first-order valence-electron chi connectivity index (χ1n) is 13.7. The van der Waals surface area contributed by atoms with E-state index in [-0.39, 0.29) is 5.91 Å². The minimum absolute atomic E-state index is 0.0574. The summed E-state index contributed by atoms with van der Waals surface area (Å²) in [6, 6.07) is 14.1. The van der Waals surface area contributed by atoms with Gasteiger partial charge < -0.3 is 24.4 Å². The van der Waals surface area contributed by atoms with Crippen LogP contribution in [0, 0.1) is 5.92 Å². The Labute approximate surface area is 233 Å². The number of likely N-dealkylation sites (tertiary alicyclic amines) is 1. The van der Waals surface area contributed by atoms with Crippen molar-refractivity contribution in [3.05, 3.63) is 58.4 Å². The number of methoxy groups -OCH3 is 1. The van der Waals surface area contributed by atoms with E-state index in [9.17, 15) is 4.79 Å². The second kappa shape index (κ2) is 10.8. The second-order valence-corrected chi connectivity index (χ2v) is 12.0. The largest absolute Gasteiger partial charge is 0.493 e. The van der Waals surface area contributed by atoms with Crippen LogP contribution in [0.3, 0.4) is 0 Å². The molecule has 1 N–H and O–H groups in total. The van der Waals surface area contributed by atoms with Gasteiger partial charge in [-0.25, -0.2) is 4.98 Å². The molecule has 0 saturated carbocycles. The highest BCUT2D eigenvalue weighted by atomic mass is 32.1. The molecule has 2 fully saturated rings. The zero-order chi connectivity index (χ0) is 27.0. The first-order valence-corrected chi connectivity index (χ1v) is 14.6. The van der Waals surface area contributed by atoms with Gasteiger partial charge in [-0.15, -0.1) is 11.3 Å². The summed E-state index contributed by atoms with van der Waals surface area (Å²) in [5.41, 5.74) is 2.55. The predicted octanol–water partition coefficient (Wildman–Crippen LogP) is 4.65. The molecule has 3 aliphatic rings. The lowest BCUT2D eigenvalue weighted by atomic mass is 10.0. The van der Waals surface area contributed by atoms with Crippen LogP contribution in [-0.2, 0) is 6.54 Å². The minimum Gasteiger partial charge on any atom is -0.493 e. The molecular weight excluding hydrogens is 512 g/mol. The monoisotopic (exact) mass is 548 g/mol. The van der Waals surface area contributed by atoms with E-state index < -0.39 is 5.79 Å². The Morgan fingerprint density at radius 1 is 1.23 bits per heavy atom. The molecule has 2 saturated heterocycles. The number of amides is 1. The second-order valence-electron chi connectivity index (χ2n) is 11.1. The van der Waals surface area contributed by atoms with Crippen molar-refractivity contribution >= 4 is 17.2 Å². The van der Waals surface area contributed by atoms with Crippen molar-refractivity contribution < 1.29 is 19.0 Å². The molecule has 1 aromatic heterocycles. The maximum absolute atomic E-state index is 14.2. The number of fused-ring (bicyclic) bond motifs is 1. The maximum atomic E-state index is 14.2. The lowest BCUT2D eigenvalue weighted by molar-refractivity contribution is -0.0439. The van der Waals surface area contributed by atoms with E-state index in [0.29, 0.717) is 47.9 Å². The lowest BCUT2D eigenvalue weighted by Gasteiger charge is -2.36. The molecule has 9 heteroatoms. The number of carbonyl (C=O) groups excluding carboxylic acids is 1. The molecule has 0 unspecified atom stereocenters. The van der Waals surface area contributed by atoms with Crippen LogP contribution in [0.15, 0.2) is 47.8 Å². The highest BCUT2D eigenvalue weighted by Crippen LogP contribution is 2.47. The average molecular weight is 549 g/mol. The summed E-state index contributed by atoms with van der Waals surface area (Å²) in [5.74, 6) is 1.40. The van der Waals surface area contributed by atoms with E-state index in [1.807, 2.05) is 36.9 Å². The van der Waals surface area contributed by atoms with Gasteiger partial charge in [0.2, 0.25) is 11.5 Å². The molecule has 206 valence electrons. The molecule has 4 heterocycles. The van der Waals surface area contributed by atoms with Gasteiger partial charge >= 0.3 is 0 Å². The molecule has 0 spiro atoms. The van der Waals surface area contributed by atoms with Crippen LogP contribution in [0.1, 0.15) is 42.1 Å². The van der Waals surface area contributed by atoms with E-state index in [2.05, 4.69) is 27.7 Å². The summed E-state index contributed by atoms with van der Waals surface area (Å²) < 4.78 is 17.5. The van der Waals surface area contributed by atoms with Crippen molar-refractivity contribution in [3.63, 3.8) is 0 Å². The summed E-state index contributed by atoms with van der Waals surface area (Å²) >= 11 is 1.60. The Balaban J connectivity index is 1.28. The van der Waals surface area contributed by atoms with E-state index >= 15 is 0 Å². The average Bonchev–Trinajstić information content (AvgIpc) is 3.63. The molecule has 8 nitrogen and oxygen atoms in total. The predicted molar refractivity (Wildman–Crippen MR) is 152 cm³/mol. The molecule has 0 radical (unpaired) electrons. The third-order valence-corrected chi connectivity index (χ3v) is 8.55. The lowest BCUT2D eigenvalue weighted by Crippen LogP contribution is -2.51. The van der Waals surface area contributed by atoms with Crippen molar-refractivity contribution in [2.45, 2.75) is 45.1 Å². The van der Waals surface area contributed by atoms with Gasteiger partial charge in [0.25, 0.3) is 5.91 Å². The Morgan fingerprint density at radius 2 is 2.05 bits per heavy atom. The Bertz CT molecular complexity index is 1320. The van der Waals surface area contributed by atoms with E-state index in [4.69, 9.17) is 19.2 Å². The summed E-state index contributed by atoms with van der Waals surface area (Å²) in [5, 5.41) is 6.38. The number of thiazole rings is 1. The van der Waals surface area contributed by atoms with Crippen molar-refractivity contribution in [1.82, 2.24) is 20.1 Å². The van der Waals surface area contributed by atoms with Crippen LogP contribution in [0.2, 0.25) is 0 Å². The van der Waals surface area contributed by atoms with Crippen LogP contribution < -0.4 is 19.5 Å². The topological polar surface area (TPSA) is 76.2 Å². The summed E-state index contributed by atoms with van der Waals surface area (Å²) in [6.07, 6.45) is 2.25. The molecular formula is C30H36N4O4S. The van der Waals surface area contributed by atoms with Gasteiger partial charge in [-0.2, -0.15) is 0 Å². The minimum atomic E-state index is -0.813. The summed E-state index contributed by atoms with van der Waals surface area (Å²) in [7, 11) is 1.59. The molecule has 2 aromatic carbocycles. The normalized spacial score (nSPS) is 20.1. The molecule has 0 bridgehead atoms. The molecule has 39 heavy (non-hydrogen) atoms. The molecule has 3 aromatic rings. The van der Waals surface area contributed by atoms with Gasteiger partial charge in [-0.05, 0) is 37.4 Å². The van der Waals surface area contributed by atoms with Crippen LogP contribution >= 0.6 is 11.3 Å². The Kier molecular flexibility index (Phi) is 7.22. The highest BCUT2D eigenvalue weighted by molar-refractivity contribution is 7.09. The quantitative estimate of drug-likeness (QED) is 0.417. The van der Waals surface area contributed by atoms with Crippen LogP contribution in [-0.4, -0.2) is 72.4 Å². The van der Waals surface area contributed by atoms with Gasteiger partial charge in [0.1, 0.15) is 5.01 Å². The van der Waals surface area contributed by atoms with Crippen molar-refractivity contribution in [3.8, 4) is 28.5 Å². The number of hydrogen-bond donors (Lipinski definition) is 1. The number of ether oxygens (including phenoxy) is 3. The smallest absolute Gasteiger partial charge is 0.254 e. The number of nitrogens with one attached hydrogen (secondary N) is 1. The van der Waals surface area contributed by atoms with Crippen molar-refractivity contribution in [2.24, 2.45) is 5.92 Å². The number of benzene rings is 2.